The first-order valence-electron chi connectivity index (χ1n) is 6.72. The van der Waals surface area contributed by atoms with Crippen molar-refractivity contribution in [1.82, 2.24) is 20.0 Å². The minimum Gasteiger partial charge on any atom is -0.256 e. The van der Waals surface area contributed by atoms with E-state index in [0.29, 0.717) is 16.2 Å². The maximum absolute atomic E-state index is 6.54. The SMILES string of the molecule is Clc1c(C=Nc2ccccc2)c2nnnn2c2ccccc12. The molecule has 0 unspecified atom stereocenters. The summed E-state index contributed by atoms with van der Waals surface area (Å²) in [7, 11) is 0. The van der Waals surface area contributed by atoms with E-state index in [1.165, 1.54) is 0 Å². The van der Waals surface area contributed by atoms with Gasteiger partial charge < -0.3 is 0 Å². The predicted octanol–water partition coefficient (Wildman–Crippen LogP) is 3.68. The zero-order valence-electron chi connectivity index (χ0n) is 11.4. The fourth-order valence-electron chi connectivity index (χ4n) is 2.37. The van der Waals surface area contributed by atoms with Crippen LogP contribution in [0.3, 0.4) is 0 Å². The van der Waals surface area contributed by atoms with Crippen LogP contribution in [0.4, 0.5) is 5.69 Å². The summed E-state index contributed by atoms with van der Waals surface area (Å²) in [5.74, 6) is 0. The summed E-state index contributed by atoms with van der Waals surface area (Å²) in [6, 6.07) is 17.4. The molecule has 4 rings (SSSR count). The molecule has 22 heavy (non-hydrogen) atoms. The fourth-order valence-corrected chi connectivity index (χ4v) is 2.67. The molecule has 2 aromatic heterocycles. The molecule has 0 aliphatic rings. The quantitative estimate of drug-likeness (QED) is 0.531. The van der Waals surface area contributed by atoms with Crippen LogP contribution in [0, 0.1) is 0 Å². The molecule has 106 valence electrons. The molecule has 0 saturated heterocycles. The Morgan fingerprint density at radius 1 is 1.00 bits per heavy atom. The maximum Gasteiger partial charge on any atom is 0.190 e. The van der Waals surface area contributed by atoms with E-state index in [1.807, 2.05) is 54.6 Å². The van der Waals surface area contributed by atoms with Crippen molar-refractivity contribution in [3.63, 3.8) is 0 Å². The number of rotatable bonds is 2. The minimum atomic E-state index is 0.586. The van der Waals surface area contributed by atoms with Crippen LogP contribution in [0.25, 0.3) is 16.6 Å². The molecular weight excluding hydrogens is 298 g/mol. The summed E-state index contributed by atoms with van der Waals surface area (Å²) in [6.07, 6.45) is 1.70. The number of para-hydroxylation sites is 2. The van der Waals surface area contributed by atoms with Crippen LogP contribution in [0.15, 0.2) is 59.6 Å². The monoisotopic (exact) mass is 307 g/mol. The zero-order valence-corrected chi connectivity index (χ0v) is 12.1. The third kappa shape index (κ3) is 2.03. The lowest BCUT2D eigenvalue weighted by Gasteiger charge is -2.06. The Hall–Kier alpha value is -2.79. The number of hydrogen-bond acceptors (Lipinski definition) is 4. The number of pyridine rings is 1. The minimum absolute atomic E-state index is 0.586. The molecule has 0 amide bonds. The van der Waals surface area contributed by atoms with Crippen LogP contribution in [0.5, 0.6) is 0 Å². The van der Waals surface area contributed by atoms with E-state index in [4.69, 9.17) is 11.6 Å². The standard InChI is InChI=1S/C16H10ClN5/c17-15-12-8-4-5-9-14(12)22-16(19-20-21-22)13(15)10-18-11-6-2-1-3-7-11/h1-10H. The molecule has 0 N–H and O–H groups in total. The van der Waals surface area contributed by atoms with Crippen LogP contribution >= 0.6 is 11.6 Å². The summed E-state index contributed by atoms with van der Waals surface area (Å²) < 4.78 is 1.67. The zero-order chi connectivity index (χ0) is 14.9. The topological polar surface area (TPSA) is 55.4 Å². The third-order valence-electron chi connectivity index (χ3n) is 3.41. The Kier molecular flexibility index (Phi) is 3.05. The van der Waals surface area contributed by atoms with Gasteiger partial charge in [-0.1, -0.05) is 48.0 Å². The van der Waals surface area contributed by atoms with Gasteiger partial charge >= 0.3 is 0 Å². The summed E-state index contributed by atoms with van der Waals surface area (Å²) in [4.78, 5) is 4.46. The van der Waals surface area contributed by atoms with Gasteiger partial charge in [-0.05, 0) is 28.6 Å². The molecule has 4 aromatic rings. The molecule has 0 radical (unpaired) electrons. The molecule has 0 fully saturated rings. The average molecular weight is 308 g/mol. The highest BCUT2D eigenvalue weighted by Crippen LogP contribution is 2.28. The van der Waals surface area contributed by atoms with Crippen molar-refractivity contribution in [2.75, 3.05) is 0 Å². The number of nitrogens with zero attached hydrogens (tertiary/aromatic N) is 5. The lowest BCUT2D eigenvalue weighted by Crippen LogP contribution is -1.97. The Balaban J connectivity index is 1.98. The first-order chi connectivity index (χ1) is 10.8. The molecule has 0 aliphatic heterocycles. The summed E-state index contributed by atoms with van der Waals surface area (Å²) >= 11 is 6.54. The van der Waals surface area contributed by atoms with Crippen LogP contribution < -0.4 is 0 Å². The first kappa shape index (κ1) is 12.9. The third-order valence-corrected chi connectivity index (χ3v) is 3.82. The molecule has 5 nitrogen and oxygen atoms in total. The van der Waals surface area contributed by atoms with Crippen molar-refractivity contribution in [2.24, 2.45) is 4.99 Å². The van der Waals surface area contributed by atoms with Gasteiger partial charge in [0.1, 0.15) is 0 Å². The van der Waals surface area contributed by atoms with Crippen molar-refractivity contribution in [3.8, 4) is 0 Å². The number of aliphatic imine (C=N–C) groups is 1. The average Bonchev–Trinajstić information content (AvgIpc) is 3.05. The second-order valence-corrected chi connectivity index (χ2v) is 5.13. The normalized spacial score (nSPS) is 11.7. The molecule has 0 atom stereocenters. The van der Waals surface area contributed by atoms with E-state index in [2.05, 4.69) is 20.5 Å². The van der Waals surface area contributed by atoms with E-state index in [9.17, 15) is 0 Å². The van der Waals surface area contributed by atoms with Gasteiger partial charge in [0.15, 0.2) is 5.65 Å². The van der Waals surface area contributed by atoms with Gasteiger partial charge in [-0.2, -0.15) is 4.52 Å². The largest absolute Gasteiger partial charge is 0.256 e. The van der Waals surface area contributed by atoms with Gasteiger partial charge in [0, 0.05) is 11.6 Å². The molecular formula is C16H10ClN5. The number of halogens is 1. The molecule has 2 aromatic carbocycles. The van der Waals surface area contributed by atoms with Gasteiger partial charge in [-0.25, -0.2) is 0 Å². The highest BCUT2D eigenvalue weighted by atomic mass is 35.5. The number of fused-ring (bicyclic) bond motifs is 3. The molecule has 0 saturated carbocycles. The van der Waals surface area contributed by atoms with E-state index in [-0.39, 0.29) is 0 Å². The van der Waals surface area contributed by atoms with Crippen molar-refractivity contribution in [1.29, 1.82) is 0 Å². The second kappa shape index (κ2) is 5.20. The first-order valence-corrected chi connectivity index (χ1v) is 7.10. The predicted molar refractivity (Wildman–Crippen MR) is 87.0 cm³/mol. The molecule has 2 heterocycles. The van der Waals surface area contributed by atoms with Crippen molar-refractivity contribution in [3.05, 3.63) is 65.2 Å². The van der Waals surface area contributed by atoms with Crippen molar-refractivity contribution in [2.45, 2.75) is 0 Å². The number of hydrogen-bond donors (Lipinski definition) is 0. The van der Waals surface area contributed by atoms with Crippen LogP contribution in [-0.4, -0.2) is 26.3 Å². The fraction of sp³-hybridized carbons (Fsp3) is 0. The highest BCUT2D eigenvalue weighted by Gasteiger charge is 2.14. The molecule has 0 bridgehead atoms. The number of aromatic nitrogens is 4. The summed E-state index contributed by atoms with van der Waals surface area (Å²) in [5.41, 5.74) is 3.00. The van der Waals surface area contributed by atoms with E-state index in [1.54, 1.807) is 10.7 Å². The van der Waals surface area contributed by atoms with Crippen molar-refractivity contribution >= 4 is 40.1 Å². The Morgan fingerprint density at radius 2 is 1.77 bits per heavy atom. The van der Waals surface area contributed by atoms with Crippen LogP contribution in [0.1, 0.15) is 5.56 Å². The number of tetrazole rings is 1. The van der Waals surface area contributed by atoms with Crippen LogP contribution in [0.2, 0.25) is 5.02 Å². The maximum atomic E-state index is 6.54. The van der Waals surface area contributed by atoms with E-state index >= 15 is 0 Å². The van der Waals surface area contributed by atoms with Crippen molar-refractivity contribution < 1.29 is 0 Å². The molecule has 6 heteroatoms. The smallest absolute Gasteiger partial charge is 0.190 e. The second-order valence-electron chi connectivity index (χ2n) is 4.75. The van der Waals surface area contributed by atoms with Gasteiger partial charge in [0.05, 0.1) is 21.8 Å². The Bertz CT molecular complexity index is 991. The Morgan fingerprint density at radius 3 is 2.64 bits per heavy atom. The summed E-state index contributed by atoms with van der Waals surface area (Å²) in [6.45, 7) is 0. The van der Waals surface area contributed by atoms with Gasteiger partial charge in [-0.15, -0.1) is 5.10 Å². The van der Waals surface area contributed by atoms with E-state index in [0.717, 1.165) is 16.6 Å². The van der Waals surface area contributed by atoms with Gasteiger partial charge in [0.25, 0.3) is 0 Å². The number of benzene rings is 2. The van der Waals surface area contributed by atoms with Gasteiger partial charge in [-0.3, -0.25) is 4.99 Å². The van der Waals surface area contributed by atoms with Crippen LogP contribution in [-0.2, 0) is 0 Å². The molecule has 0 aliphatic carbocycles. The lowest BCUT2D eigenvalue weighted by molar-refractivity contribution is 0.841. The highest BCUT2D eigenvalue weighted by molar-refractivity contribution is 6.38. The van der Waals surface area contributed by atoms with Gasteiger partial charge in [0.2, 0.25) is 0 Å². The molecule has 0 spiro atoms. The Labute approximate surface area is 130 Å². The van der Waals surface area contributed by atoms with E-state index < -0.39 is 0 Å². The summed E-state index contributed by atoms with van der Waals surface area (Å²) in [5, 5.41) is 13.3. The lowest BCUT2D eigenvalue weighted by atomic mass is 10.1.